The lowest BCUT2D eigenvalue weighted by Crippen LogP contribution is -2.45. The van der Waals surface area contributed by atoms with Gasteiger partial charge in [-0.3, -0.25) is 19.6 Å². The average Bonchev–Trinajstić information content (AvgIpc) is 3.42. The Morgan fingerprint density at radius 1 is 0.879 bits per heavy atom. The number of anilines is 2. The van der Waals surface area contributed by atoms with Crippen LogP contribution in [-0.4, -0.2) is 22.5 Å². The Labute approximate surface area is 189 Å². The highest BCUT2D eigenvalue weighted by atomic mass is 16.7. The van der Waals surface area contributed by atoms with Gasteiger partial charge in [0.1, 0.15) is 6.17 Å². The summed E-state index contributed by atoms with van der Waals surface area (Å²) >= 11 is 0. The molecule has 0 unspecified atom stereocenters. The molecule has 3 heterocycles. The first-order chi connectivity index (χ1) is 16.1. The number of hydrogen-bond acceptors (Lipinski definition) is 5. The number of para-hydroxylation sites is 2. The van der Waals surface area contributed by atoms with Gasteiger partial charge in [-0.05, 0) is 43.3 Å². The van der Waals surface area contributed by atoms with E-state index in [1.54, 1.807) is 29.2 Å². The molecule has 0 fully saturated rings. The number of aromatic nitrogens is 2. The molecule has 1 amide bonds. The molecule has 0 saturated carbocycles. The first-order valence-corrected chi connectivity index (χ1v) is 10.6. The number of H-pyrrole nitrogens is 1. The molecule has 1 atom stereocenters. The van der Waals surface area contributed by atoms with Crippen molar-refractivity contribution in [2.75, 3.05) is 17.0 Å². The number of nitrogens with one attached hydrogen (secondary N) is 2. The van der Waals surface area contributed by atoms with E-state index >= 15 is 0 Å². The molecule has 0 saturated heterocycles. The van der Waals surface area contributed by atoms with Crippen LogP contribution in [0.2, 0.25) is 0 Å². The Kier molecular flexibility index (Phi) is 4.26. The molecule has 0 aliphatic carbocycles. The molecule has 6 rings (SSSR count). The van der Waals surface area contributed by atoms with Crippen molar-refractivity contribution in [2.45, 2.75) is 13.1 Å². The number of hydrogen-bond donors (Lipinski definition) is 2. The fourth-order valence-electron chi connectivity index (χ4n) is 4.40. The van der Waals surface area contributed by atoms with E-state index < -0.39 is 6.17 Å². The molecule has 164 valence electrons. The fraction of sp³-hybridized carbons (Fsp3) is 0.120. The second-order valence-corrected chi connectivity index (χ2v) is 7.93. The summed E-state index contributed by atoms with van der Waals surface area (Å²) in [5.74, 6) is 0.974. The second kappa shape index (κ2) is 7.30. The van der Waals surface area contributed by atoms with Crippen molar-refractivity contribution in [3.05, 3.63) is 100.0 Å². The van der Waals surface area contributed by atoms with Crippen LogP contribution in [0.25, 0.3) is 5.69 Å². The number of aryl methyl sites for hydroxylation is 1. The van der Waals surface area contributed by atoms with Crippen LogP contribution in [-0.2, 0) is 0 Å². The number of nitrogens with zero attached hydrogens (tertiary/aromatic N) is 2. The van der Waals surface area contributed by atoms with Crippen LogP contribution in [0.15, 0.2) is 77.6 Å². The van der Waals surface area contributed by atoms with E-state index in [1.807, 2.05) is 55.5 Å². The quantitative estimate of drug-likeness (QED) is 0.503. The minimum atomic E-state index is -0.721. The first-order valence-electron chi connectivity index (χ1n) is 10.6. The lowest BCUT2D eigenvalue weighted by molar-refractivity contribution is 0.0974. The maximum atomic E-state index is 13.7. The van der Waals surface area contributed by atoms with E-state index in [9.17, 15) is 9.59 Å². The molecule has 8 heteroatoms. The third-order valence-corrected chi connectivity index (χ3v) is 5.97. The average molecular weight is 440 g/mol. The normalized spacial score (nSPS) is 16.5. The molecule has 2 aliphatic rings. The molecule has 33 heavy (non-hydrogen) atoms. The maximum Gasteiger partial charge on any atom is 0.278 e. The van der Waals surface area contributed by atoms with Gasteiger partial charge < -0.3 is 14.8 Å². The Morgan fingerprint density at radius 3 is 2.48 bits per heavy atom. The van der Waals surface area contributed by atoms with Crippen LogP contribution >= 0.6 is 0 Å². The zero-order valence-corrected chi connectivity index (χ0v) is 17.7. The molecule has 3 aromatic carbocycles. The molecule has 0 radical (unpaired) electrons. The summed E-state index contributed by atoms with van der Waals surface area (Å²) in [7, 11) is 0. The highest BCUT2D eigenvalue weighted by molar-refractivity contribution is 6.12. The van der Waals surface area contributed by atoms with Gasteiger partial charge in [0.15, 0.2) is 11.5 Å². The van der Waals surface area contributed by atoms with Crippen LogP contribution in [0.5, 0.6) is 11.5 Å². The van der Waals surface area contributed by atoms with Crippen molar-refractivity contribution in [1.82, 2.24) is 9.78 Å². The summed E-state index contributed by atoms with van der Waals surface area (Å²) in [6.45, 7) is 1.97. The van der Waals surface area contributed by atoms with Gasteiger partial charge in [0.25, 0.3) is 11.5 Å². The third-order valence-electron chi connectivity index (χ3n) is 5.97. The van der Waals surface area contributed by atoms with E-state index in [0.29, 0.717) is 45.4 Å². The summed E-state index contributed by atoms with van der Waals surface area (Å²) in [5, 5.41) is 6.57. The second-order valence-electron chi connectivity index (χ2n) is 7.93. The zero-order valence-electron chi connectivity index (χ0n) is 17.7. The van der Waals surface area contributed by atoms with Crippen LogP contribution in [0.4, 0.5) is 11.4 Å². The predicted molar refractivity (Wildman–Crippen MR) is 123 cm³/mol. The summed E-state index contributed by atoms with van der Waals surface area (Å²) in [4.78, 5) is 28.9. The molecular weight excluding hydrogens is 420 g/mol. The molecule has 2 N–H and O–H groups in total. The van der Waals surface area contributed by atoms with Crippen molar-refractivity contribution < 1.29 is 14.3 Å². The van der Waals surface area contributed by atoms with Crippen molar-refractivity contribution in [2.24, 2.45) is 0 Å². The number of aromatic amines is 1. The number of rotatable bonds is 3. The van der Waals surface area contributed by atoms with E-state index in [4.69, 9.17) is 9.47 Å². The van der Waals surface area contributed by atoms with Crippen molar-refractivity contribution >= 4 is 17.3 Å². The lowest BCUT2D eigenvalue weighted by Gasteiger charge is -2.37. The topological polar surface area (TPSA) is 88.6 Å². The van der Waals surface area contributed by atoms with E-state index in [-0.39, 0.29) is 18.3 Å². The van der Waals surface area contributed by atoms with Gasteiger partial charge in [0, 0.05) is 17.4 Å². The van der Waals surface area contributed by atoms with Gasteiger partial charge in [-0.25, -0.2) is 4.68 Å². The Bertz CT molecular complexity index is 1440. The van der Waals surface area contributed by atoms with Gasteiger partial charge >= 0.3 is 0 Å². The van der Waals surface area contributed by atoms with Crippen molar-refractivity contribution in [1.29, 1.82) is 0 Å². The van der Waals surface area contributed by atoms with Gasteiger partial charge in [0.05, 0.1) is 22.5 Å². The minimum Gasteiger partial charge on any atom is -0.454 e. The molecule has 4 aromatic rings. The highest BCUT2D eigenvalue weighted by Gasteiger charge is 2.38. The van der Waals surface area contributed by atoms with Gasteiger partial charge in [-0.15, -0.1) is 0 Å². The molecule has 0 spiro atoms. The van der Waals surface area contributed by atoms with Crippen LogP contribution < -0.4 is 25.2 Å². The Balaban J connectivity index is 1.53. The third kappa shape index (κ3) is 2.99. The smallest absolute Gasteiger partial charge is 0.278 e. The Morgan fingerprint density at radius 2 is 1.64 bits per heavy atom. The number of amides is 1. The molecule has 8 nitrogen and oxygen atoms in total. The maximum absolute atomic E-state index is 13.7. The zero-order chi connectivity index (χ0) is 22.5. The van der Waals surface area contributed by atoms with Crippen LogP contribution in [0.1, 0.15) is 27.8 Å². The van der Waals surface area contributed by atoms with Gasteiger partial charge in [-0.2, -0.15) is 0 Å². The fourth-order valence-corrected chi connectivity index (χ4v) is 4.40. The summed E-state index contributed by atoms with van der Waals surface area (Å²) in [6, 6.07) is 22.0. The monoisotopic (exact) mass is 440 g/mol. The molecule has 0 bridgehead atoms. The number of benzene rings is 3. The number of ether oxygens (including phenoxy) is 2. The number of carbonyl (C=O) groups excluding carboxylic acids is 1. The molecule has 1 aromatic heterocycles. The summed E-state index contributed by atoms with van der Waals surface area (Å²) in [5.41, 5.74) is 3.42. The van der Waals surface area contributed by atoms with Gasteiger partial charge in [-0.1, -0.05) is 30.3 Å². The number of fused-ring (bicyclic) bond motifs is 2. The minimum absolute atomic E-state index is 0.135. The van der Waals surface area contributed by atoms with Gasteiger partial charge in [0.2, 0.25) is 6.79 Å². The van der Waals surface area contributed by atoms with E-state index in [0.717, 1.165) is 0 Å². The largest absolute Gasteiger partial charge is 0.454 e. The first kappa shape index (κ1) is 19.2. The van der Waals surface area contributed by atoms with E-state index in [1.165, 1.54) is 4.68 Å². The molecule has 2 aliphatic heterocycles. The summed E-state index contributed by atoms with van der Waals surface area (Å²) < 4.78 is 12.5. The summed E-state index contributed by atoms with van der Waals surface area (Å²) in [6.07, 6.45) is -0.721. The van der Waals surface area contributed by atoms with E-state index in [2.05, 4.69) is 10.4 Å². The van der Waals surface area contributed by atoms with Crippen molar-refractivity contribution in [3.63, 3.8) is 0 Å². The Hall–Kier alpha value is -4.46. The molecular formula is C25H20N4O4. The number of carbonyl (C=O) groups is 1. The van der Waals surface area contributed by atoms with Crippen LogP contribution in [0, 0.1) is 6.92 Å². The van der Waals surface area contributed by atoms with Crippen molar-refractivity contribution in [3.8, 4) is 17.2 Å². The highest BCUT2D eigenvalue weighted by Crippen LogP contribution is 2.41. The standard InChI is InChI=1S/C25H20N4O4/c1-15-22(25(31)29(27-15)16-7-3-2-4-8-16)23-26-19-10-6-5-9-18(19)24(30)28(23)17-11-12-20-21(13-17)33-14-32-20/h2-13,23,26-27H,14H2,1H3/t23-/m1/s1. The predicted octanol–water partition coefficient (Wildman–Crippen LogP) is 3.97. The SMILES string of the molecule is Cc1[nH]n(-c2ccccc2)c(=O)c1[C@@H]1Nc2ccccc2C(=O)N1c1ccc2c(c1)OCO2. The lowest BCUT2D eigenvalue weighted by atomic mass is 10.0. The van der Waals surface area contributed by atoms with Crippen LogP contribution in [0.3, 0.4) is 0 Å².